The lowest BCUT2D eigenvalue weighted by atomic mass is 10.0. The van der Waals surface area contributed by atoms with Crippen molar-refractivity contribution in [1.29, 1.82) is 0 Å². The van der Waals surface area contributed by atoms with Gasteiger partial charge in [-0.25, -0.2) is 4.39 Å². The summed E-state index contributed by atoms with van der Waals surface area (Å²) in [6, 6.07) is 15.2. The van der Waals surface area contributed by atoms with Gasteiger partial charge >= 0.3 is 5.97 Å². The number of rotatable bonds is 12. The van der Waals surface area contributed by atoms with Crippen molar-refractivity contribution in [2.45, 2.75) is 25.7 Å². The minimum Gasteiger partial charge on any atom is -0.493 e. The molecule has 0 unspecified atom stereocenters. The van der Waals surface area contributed by atoms with Crippen molar-refractivity contribution in [3.05, 3.63) is 77.7 Å². The van der Waals surface area contributed by atoms with Crippen molar-refractivity contribution >= 4 is 51.7 Å². The van der Waals surface area contributed by atoms with E-state index in [4.69, 9.17) is 30.9 Å². The number of fused-ring (bicyclic) bond motifs is 1. The van der Waals surface area contributed by atoms with E-state index < -0.39 is 29.0 Å². The summed E-state index contributed by atoms with van der Waals surface area (Å²) in [5.41, 5.74) is -0.0789. The fraction of sp³-hybridized carbons (Fsp3) is 0.226. The Morgan fingerprint density at radius 2 is 1.70 bits per heavy atom. The maximum atomic E-state index is 13.2. The first kappa shape index (κ1) is 32.0. The topological polar surface area (TPSA) is 171 Å². The first-order chi connectivity index (χ1) is 20.7. The predicted molar refractivity (Wildman–Crippen MR) is 163 cm³/mol. The quantitative estimate of drug-likeness (QED) is 0.100. The number of hydrogen-bond donors (Lipinski definition) is 4. The van der Waals surface area contributed by atoms with E-state index in [-0.39, 0.29) is 35.6 Å². The van der Waals surface area contributed by atoms with Gasteiger partial charge in [-0.15, -0.1) is 0 Å². The molecule has 3 aromatic carbocycles. The van der Waals surface area contributed by atoms with Gasteiger partial charge in [0.05, 0.1) is 24.9 Å². The number of hydrogen-bond acceptors (Lipinski definition) is 8. The fourth-order valence-corrected chi connectivity index (χ4v) is 4.62. The minimum atomic E-state index is -1.26. The summed E-state index contributed by atoms with van der Waals surface area (Å²) < 4.78 is 30.6. The van der Waals surface area contributed by atoms with Crippen LogP contribution >= 0.6 is 11.6 Å². The number of pyridine rings is 1. The normalized spacial score (nSPS) is 12.9. The first-order valence-electron chi connectivity index (χ1n) is 13.4. The molecule has 1 saturated carbocycles. The van der Waals surface area contributed by atoms with Crippen LogP contribution in [-0.2, 0) is 14.4 Å². The van der Waals surface area contributed by atoms with Crippen LogP contribution in [0.2, 0.25) is 5.02 Å². The van der Waals surface area contributed by atoms with Crippen LogP contribution in [0.1, 0.15) is 25.7 Å². The van der Waals surface area contributed by atoms with Crippen LogP contribution in [0.5, 0.6) is 23.0 Å². The molecular weight excluding hydrogens is 595 g/mol. The van der Waals surface area contributed by atoms with Crippen LogP contribution in [0.25, 0.3) is 10.9 Å². The van der Waals surface area contributed by atoms with Gasteiger partial charge in [0.2, 0.25) is 11.8 Å². The van der Waals surface area contributed by atoms with E-state index in [2.05, 4.69) is 15.6 Å². The first-order valence-corrected chi connectivity index (χ1v) is 13.7. The van der Waals surface area contributed by atoms with Gasteiger partial charge in [-0.1, -0.05) is 17.7 Å². The molecule has 0 aliphatic heterocycles. The number of carboxylic acids is 1. The number of aliphatic carboxylic acids is 1. The van der Waals surface area contributed by atoms with E-state index in [9.17, 15) is 18.8 Å². The maximum Gasteiger partial charge on any atom is 0.303 e. The number of aromatic nitrogens is 1. The Labute approximate surface area is 256 Å². The zero-order valence-corrected chi connectivity index (χ0v) is 24.4. The molecule has 13 heteroatoms. The molecule has 1 aliphatic rings. The van der Waals surface area contributed by atoms with Crippen LogP contribution in [0.4, 0.5) is 15.8 Å². The lowest BCUT2D eigenvalue weighted by Crippen LogP contribution is -2.35. The van der Waals surface area contributed by atoms with Crippen molar-refractivity contribution < 1.29 is 38.1 Å². The number of anilines is 2. The monoisotopic (exact) mass is 624 g/mol. The molecule has 0 spiro atoms. The molecule has 4 aromatic rings. The number of carbonyl (C=O) groups is 3. The average Bonchev–Trinajstić information content (AvgIpc) is 3.81. The summed E-state index contributed by atoms with van der Waals surface area (Å²) in [5.74, 6) is -0.866. The molecule has 11 nitrogen and oxygen atoms in total. The smallest absolute Gasteiger partial charge is 0.303 e. The zero-order valence-electron chi connectivity index (χ0n) is 23.7. The standard InChI is InChI=1S/C31H27ClFN3O7.H3N/c1-41-25-16-20-22(17-26(25)42-15-3-6-27(37)38)34-14-11-23(20)43-24-5-2-4-21(28(24)32)36-30(40)31(12-13-31)29(39)35-19-9-7-18(33)8-10-19;/h2,4-5,7-11,14,16-17H,3,6,12-13,15H2,1H3,(H,35,39)(H,36,40)(H,37,38);1H3. The summed E-state index contributed by atoms with van der Waals surface area (Å²) in [5, 5.41) is 15.0. The summed E-state index contributed by atoms with van der Waals surface area (Å²) >= 11 is 6.65. The Hall–Kier alpha value is -4.94. The number of methoxy groups -OCH3 is 1. The molecule has 230 valence electrons. The number of halogens is 2. The van der Waals surface area contributed by atoms with Gasteiger partial charge in [-0.2, -0.15) is 0 Å². The predicted octanol–water partition coefficient (Wildman–Crippen LogP) is 6.59. The van der Waals surface area contributed by atoms with Crippen LogP contribution < -0.4 is 31.0 Å². The minimum absolute atomic E-state index is 0. The average molecular weight is 625 g/mol. The fourth-order valence-electron chi connectivity index (χ4n) is 4.41. The van der Waals surface area contributed by atoms with Crippen molar-refractivity contribution in [2.24, 2.45) is 5.41 Å². The summed E-state index contributed by atoms with van der Waals surface area (Å²) in [7, 11) is 1.48. The number of ether oxygens (including phenoxy) is 3. The third kappa shape index (κ3) is 6.99. The van der Waals surface area contributed by atoms with Crippen LogP contribution in [0, 0.1) is 11.2 Å². The molecule has 1 aromatic heterocycles. The van der Waals surface area contributed by atoms with Crippen molar-refractivity contribution in [3.63, 3.8) is 0 Å². The Bertz CT molecular complexity index is 1700. The molecule has 44 heavy (non-hydrogen) atoms. The SMILES string of the molecule is COc1cc2c(Oc3cccc(NC(=O)C4(C(=O)Nc5ccc(F)cc5)CC4)c3Cl)ccnc2cc1OCCCC(=O)O.N. The second kappa shape index (κ2) is 13.6. The van der Waals surface area contributed by atoms with Crippen LogP contribution in [0.3, 0.4) is 0 Å². The zero-order chi connectivity index (χ0) is 30.6. The van der Waals surface area contributed by atoms with Crippen molar-refractivity contribution in [2.75, 3.05) is 24.4 Å². The maximum absolute atomic E-state index is 13.2. The number of nitrogens with one attached hydrogen (secondary N) is 2. The number of benzene rings is 3. The highest BCUT2D eigenvalue weighted by Crippen LogP contribution is 2.48. The molecule has 1 aliphatic carbocycles. The van der Waals surface area contributed by atoms with Crippen LogP contribution in [0.15, 0.2) is 66.9 Å². The molecular formula is C31H30ClFN4O7. The van der Waals surface area contributed by atoms with E-state index in [0.29, 0.717) is 53.1 Å². The third-order valence-corrected chi connectivity index (χ3v) is 7.32. The second-order valence-corrected chi connectivity index (χ2v) is 10.3. The van der Waals surface area contributed by atoms with Gasteiger partial charge in [0, 0.05) is 29.8 Å². The highest BCUT2D eigenvalue weighted by atomic mass is 35.5. The van der Waals surface area contributed by atoms with E-state index >= 15 is 0 Å². The number of amides is 2. The van der Waals surface area contributed by atoms with Gasteiger partial charge in [0.25, 0.3) is 0 Å². The lowest BCUT2D eigenvalue weighted by Gasteiger charge is -2.18. The molecule has 0 atom stereocenters. The van der Waals surface area contributed by atoms with E-state index in [1.54, 1.807) is 42.6 Å². The van der Waals surface area contributed by atoms with Gasteiger partial charge in [-0.3, -0.25) is 19.4 Å². The Balaban J connectivity index is 0.00000442. The Kier molecular flexibility index (Phi) is 9.87. The highest BCUT2D eigenvalue weighted by molar-refractivity contribution is 6.35. The molecule has 1 heterocycles. The number of carboxylic acid groups (broad SMARTS) is 1. The summed E-state index contributed by atoms with van der Waals surface area (Å²) in [4.78, 5) is 41.3. The summed E-state index contributed by atoms with van der Waals surface area (Å²) in [6.45, 7) is 0.188. The number of nitrogens with zero attached hydrogens (tertiary/aromatic N) is 1. The molecule has 1 fully saturated rings. The Morgan fingerprint density at radius 1 is 0.977 bits per heavy atom. The molecule has 5 rings (SSSR count). The largest absolute Gasteiger partial charge is 0.493 e. The summed E-state index contributed by atoms with van der Waals surface area (Å²) in [6.07, 6.45) is 2.58. The lowest BCUT2D eigenvalue weighted by molar-refractivity contribution is -0.137. The van der Waals surface area contributed by atoms with Gasteiger partial charge < -0.3 is 36.1 Å². The van der Waals surface area contributed by atoms with Gasteiger partial charge in [0.1, 0.15) is 27.8 Å². The van der Waals surface area contributed by atoms with Crippen molar-refractivity contribution in [3.8, 4) is 23.0 Å². The van der Waals surface area contributed by atoms with E-state index in [0.717, 1.165) is 0 Å². The Morgan fingerprint density at radius 3 is 2.39 bits per heavy atom. The molecule has 6 N–H and O–H groups in total. The third-order valence-electron chi connectivity index (χ3n) is 6.93. The second-order valence-electron chi connectivity index (χ2n) is 9.89. The van der Waals surface area contributed by atoms with E-state index in [1.807, 2.05) is 0 Å². The van der Waals surface area contributed by atoms with Gasteiger partial charge in [-0.05, 0) is 67.8 Å². The van der Waals surface area contributed by atoms with Gasteiger partial charge in [0.15, 0.2) is 11.5 Å². The molecule has 2 amide bonds. The molecule has 0 bridgehead atoms. The van der Waals surface area contributed by atoms with Crippen molar-refractivity contribution in [1.82, 2.24) is 11.1 Å². The van der Waals surface area contributed by atoms with E-state index in [1.165, 1.54) is 31.4 Å². The molecule has 0 radical (unpaired) electrons. The number of carbonyl (C=O) groups excluding carboxylic acids is 2. The highest BCUT2D eigenvalue weighted by Gasteiger charge is 2.56. The molecule has 0 saturated heterocycles. The van der Waals surface area contributed by atoms with Crippen LogP contribution in [-0.4, -0.2) is 41.6 Å².